The van der Waals surface area contributed by atoms with Crippen molar-refractivity contribution >= 4 is 11.9 Å². The Hall–Kier alpha value is -1.06. The minimum absolute atomic E-state index is 0.265. The first kappa shape index (κ1) is 25.9. The van der Waals surface area contributed by atoms with Crippen molar-refractivity contribution in [2.75, 3.05) is 0 Å². The van der Waals surface area contributed by atoms with Gasteiger partial charge in [-0.3, -0.25) is 9.59 Å². The van der Waals surface area contributed by atoms with Crippen LogP contribution in [0.4, 0.5) is 0 Å². The molecule has 2 atom stereocenters. The lowest BCUT2D eigenvalue weighted by Crippen LogP contribution is -2.28. The standard InChI is InChI=1S/C23H44O4/c1-5-7-9-11-13-15-19(21(24)25)17-23(3,4)18-20(22(26)27)16-14-12-10-8-6-2/h19-20H,5-18H2,1-4H3,(H,24,25)(H,26,27). The van der Waals surface area contributed by atoms with Gasteiger partial charge in [0.05, 0.1) is 11.8 Å². The van der Waals surface area contributed by atoms with Crippen LogP contribution in [0.5, 0.6) is 0 Å². The van der Waals surface area contributed by atoms with Crippen molar-refractivity contribution in [3.8, 4) is 0 Å². The zero-order chi connectivity index (χ0) is 20.7. The summed E-state index contributed by atoms with van der Waals surface area (Å²) in [5.74, 6) is -2.18. The van der Waals surface area contributed by atoms with Crippen LogP contribution in [0.3, 0.4) is 0 Å². The van der Waals surface area contributed by atoms with Crippen LogP contribution in [0.2, 0.25) is 0 Å². The Bertz CT molecular complexity index is 367. The van der Waals surface area contributed by atoms with E-state index in [-0.39, 0.29) is 17.3 Å². The second-order valence-corrected chi connectivity index (χ2v) is 9.05. The first-order chi connectivity index (χ1) is 12.7. The largest absolute Gasteiger partial charge is 0.481 e. The van der Waals surface area contributed by atoms with E-state index in [4.69, 9.17) is 0 Å². The van der Waals surface area contributed by atoms with E-state index in [1.807, 2.05) is 13.8 Å². The number of carboxylic acids is 2. The molecule has 0 aliphatic carbocycles. The predicted molar refractivity (Wildman–Crippen MR) is 112 cm³/mol. The molecule has 0 fully saturated rings. The predicted octanol–water partition coefficient (Wildman–Crippen LogP) is 6.92. The molecular formula is C23H44O4. The highest BCUT2D eigenvalue weighted by atomic mass is 16.4. The van der Waals surface area contributed by atoms with Gasteiger partial charge in [0.1, 0.15) is 0 Å². The van der Waals surface area contributed by atoms with E-state index in [1.54, 1.807) is 0 Å². The number of carboxylic acid groups (broad SMARTS) is 2. The number of hydrogen-bond donors (Lipinski definition) is 2. The minimum atomic E-state index is -0.731. The molecular weight excluding hydrogens is 340 g/mol. The molecule has 0 aromatic heterocycles. The normalized spacial score (nSPS) is 14.1. The smallest absolute Gasteiger partial charge is 0.306 e. The maximum Gasteiger partial charge on any atom is 0.306 e. The Labute approximate surface area is 167 Å². The molecule has 0 amide bonds. The molecule has 0 saturated heterocycles. The Morgan fingerprint density at radius 1 is 0.667 bits per heavy atom. The number of rotatable bonds is 18. The summed E-state index contributed by atoms with van der Waals surface area (Å²) in [5.41, 5.74) is -0.265. The minimum Gasteiger partial charge on any atom is -0.481 e. The van der Waals surface area contributed by atoms with Crippen LogP contribution in [0.15, 0.2) is 0 Å². The van der Waals surface area contributed by atoms with Gasteiger partial charge in [0.2, 0.25) is 0 Å². The van der Waals surface area contributed by atoms with E-state index >= 15 is 0 Å². The second-order valence-electron chi connectivity index (χ2n) is 9.05. The number of aliphatic carboxylic acids is 2. The van der Waals surface area contributed by atoms with E-state index < -0.39 is 11.9 Å². The van der Waals surface area contributed by atoms with Gasteiger partial charge in [-0.25, -0.2) is 0 Å². The maximum absolute atomic E-state index is 11.7. The molecule has 2 unspecified atom stereocenters. The lowest BCUT2D eigenvalue weighted by atomic mass is 9.74. The van der Waals surface area contributed by atoms with Gasteiger partial charge < -0.3 is 10.2 Å². The van der Waals surface area contributed by atoms with Gasteiger partial charge >= 0.3 is 11.9 Å². The van der Waals surface area contributed by atoms with Gasteiger partial charge in [-0.05, 0) is 31.1 Å². The van der Waals surface area contributed by atoms with Crippen molar-refractivity contribution in [3.63, 3.8) is 0 Å². The summed E-state index contributed by atoms with van der Waals surface area (Å²) < 4.78 is 0. The second kappa shape index (κ2) is 14.9. The average molecular weight is 385 g/mol. The summed E-state index contributed by atoms with van der Waals surface area (Å²) in [7, 11) is 0. The summed E-state index contributed by atoms with van der Waals surface area (Å²) >= 11 is 0. The average Bonchev–Trinajstić information content (AvgIpc) is 2.58. The first-order valence-corrected chi connectivity index (χ1v) is 11.2. The van der Waals surface area contributed by atoms with Gasteiger partial charge in [0.25, 0.3) is 0 Å². The van der Waals surface area contributed by atoms with E-state index in [9.17, 15) is 19.8 Å². The van der Waals surface area contributed by atoms with Crippen LogP contribution in [0, 0.1) is 17.3 Å². The number of carbonyl (C=O) groups is 2. The molecule has 160 valence electrons. The molecule has 0 aromatic rings. The summed E-state index contributed by atoms with van der Waals surface area (Å²) in [5, 5.41) is 19.2. The van der Waals surface area contributed by atoms with E-state index in [2.05, 4.69) is 13.8 Å². The molecule has 0 saturated carbocycles. The van der Waals surface area contributed by atoms with Crippen molar-refractivity contribution in [1.29, 1.82) is 0 Å². The number of hydrogen-bond acceptors (Lipinski definition) is 2. The molecule has 0 spiro atoms. The van der Waals surface area contributed by atoms with Crippen LogP contribution in [-0.2, 0) is 9.59 Å². The van der Waals surface area contributed by atoms with Gasteiger partial charge in [0, 0.05) is 0 Å². The lowest BCUT2D eigenvalue weighted by Gasteiger charge is -2.31. The summed E-state index contributed by atoms with van der Waals surface area (Å²) in [6.07, 6.45) is 13.8. The molecule has 0 heterocycles. The van der Waals surface area contributed by atoms with Crippen LogP contribution in [0.25, 0.3) is 0 Å². The lowest BCUT2D eigenvalue weighted by molar-refractivity contribution is -0.144. The van der Waals surface area contributed by atoms with Crippen molar-refractivity contribution in [1.82, 2.24) is 0 Å². The third-order valence-electron chi connectivity index (χ3n) is 5.61. The van der Waals surface area contributed by atoms with Gasteiger partial charge in [-0.2, -0.15) is 0 Å². The van der Waals surface area contributed by atoms with Crippen molar-refractivity contribution in [2.45, 2.75) is 118 Å². The molecule has 0 bridgehead atoms. The zero-order valence-electron chi connectivity index (χ0n) is 18.3. The van der Waals surface area contributed by atoms with Crippen LogP contribution < -0.4 is 0 Å². The van der Waals surface area contributed by atoms with Gasteiger partial charge in [0.15, 0.2) is 0 Å². The Balaban J connectivity index is 4.52. The molecule has 4 heteroatoms. The molecule has 4 nitrogen and oxygen atoms in total. The monoisotopic (exact) mass is 384 g/mol. The molecule has 0 aromatic carbocycles. The molecule has 2 N–H and O–H groups in total. The fourth-order valence-electron chi connectivity index (χ4n) is 4.03. The van der Waals surface area contributed by atoms with E-state index in [1.165, 1.54) is 38.5 Å². The van der Waals surface area contributed by atoms with Gasteiger partial charge in [-0.1, -0.05) is 91.9 Å². The first-order valence-electron chi connectivity index (χ1n) is 11.2. The third kappa shape index (κ3) is 13.7. The Morgan fingerprint density at radius 3 is 1.30 bits per heavy atom. The molecule has 0 aliphatic rings. The Kier molecular flexibility index (Phi) is 14.3. The van der Waals surface area contributed by atoms with Crippen LogP contribution >= 0.6 is 0 Å². The third-order valence-corrected chi connectivity index (χ3v) is 5.61. The van der Waals surface area contributed by atoms with Crippen molar-refractivity contribution < 1.29 is 19.8 Å². The fraction of sp³-hybridized carbons (Fsp3) is 0.913. The van der Waals surface area contributed by atoms with Crippen LogP contribution in [-0.4, -0.2) is 22.2 Å². The quantitative estimate of drug-likeness (QED) is 0.252. The molecule has 0 radical (unpaired) electrons. The molecule has 27 heavy (non-hydrogen) atoms. The highest BCUT2D eigenvalue weighted by molar-refractivity contribution is 5.70. The summed E-state index contributed by atoms with van der Waals surface area (Å²) in [4.78, 5) is 23.3. The van der Waals surface area contributed by atoms with E-state index in [0.29, 0.717) is 25.7 Å². The van der Waals surface area contributed by atoms with Crippen molar-refractivity contribution in [2.24, 2.45) is 17.3 Å². The topological polar surface area (TPSA) is 74.6 Å². The fourth-order valence-corrected chi connectivity index (χ4v) is 4.03. The Morgan fingerprint density at radius 2 is 1.00 bits per heavy atom. The van der Waals surface area contributed by atoms with Gasteiger partial charge in [-0.15, -0.1) is 0 Å². The van der Waals surface area contributed by atoms with Crippen LogP contribution in [0.1, 0.15) is 118 Å². The highest BCUT2D eigenvalue weighted by Gasteiger charge is 2.32. The SMILES string of the molecule is CCCCCCCC(CC(C)(C)CC(CCCCCCC)C(=O)O)C(=O)O. The number of unbranched alkanes of at least 4 members (excludes halogenated alkanes) is 8. The van der Waals surface area contributed by atoms with E-state index in [0.717, 1.165) is 25.7 Å². The summed E-state index contributed by atoms with van der Waals surface area (Å²) in [6, 6.07) is 0. The maximum atomic E-state index is 11.7. The molecule has 0 rings (SSSR count). The highest BCUT2D eigenvalue weighted by Crippen LogP contribution is 2.36. The summed E-state index contributed by atoms with van der Waals surface area (Å²) in [6.45, 7) is 8.41. The zero-order valence-corrected chi connectivity index (χ0v) is 18.3. The van der Waals surface area contributed by atoms with Crippen molar-refractivity contribution in [3.05, 3.63) is 0 Å². The molecule has 0 aliphatic heterocycles.